The van der Waals surface area contributed by atoms with Crippen molar-refractivity contribution in [1.29, 1.82) is 0 Å². The lowest BCUT2D eigenvalue weighted by atomic mass is 10.1. The number of esters is 2. The summed E-state index contributed by atoms with van der Waals surface area (Å²) in [6.07, 6.45) is 5.79. The molecule has 0 unspecified atom stereocenters. The Bertz CT molecular complexity index is 720. The zero-order chi connectivity index (χ0) is 19.9. The molecule has 0 aliphatic rings. The quantitative estimate of drug-likeness (QED) is 0.499. The van der Waals surface area contributed by atoms with Crippen molar-refractivity contribution in [3.8, 4) is 0 Å². The second-order valence-corrected chi connectivity index (χ2v) is 5.30. The molecule has 0 aromatic heterocycles. The molecule has 0 N–H and O–H groups in total. The minimum atomic E-state index is -0.582. The molecule has 4 nitrogen and oxygen atoms in total. The monoisotopic (exact) mass is 364 g/mol. The molecule has 4 heteroatoms. The van der Waals surface area contributed by atoms with E-state index in [9.17, 15) is 9.59 Å². The third-order valence-electron chi connectivity index (χ3n) is 3.25. The van der Waals surface area contributed by atoms with Gasteiger partial charge < -0.3 is 9.47 Å². The predicted octanol–water partition coefficient (Wildman–Crippen LogP) is 4.79. The van der Waals surface area contributed by atoms with Crippen LogP contribution in [0.25, 0.3) is 0 Å². The van der Waals surface area contributed by atoms with Gasteiger partial charge in [-0.3, -0.25) is 0 Å². The van der Waals surface area contributed by atoms with Crippen LogP contribution in [0.15, 0.2) is 92.6 Å². The zero-order valence-electron chi connectivity index (χ0n) is 15.3. The highest BCUT2D eigenvalue weighted by Gasteiger charge is 2.18. The van der Waals surface area contributed by atoms with Gasteiger partial charge in [-0.15, -0.1) is 6.58 Å². The van der Waals surface area contributed by atoms with Crippen LogP contribution in [0, 0.1) is 0 Å². The first-order valence-electron chi connectivity index (χ1n) is 8.43. The van der Waals surface area contributed by atoms with Crippen molar-refractivity contribution in [1.82, 2.24) is 0 Å². The molecule has 0 fully saturated rings. The van der Waals surface area contributed by atoms with Crippen molar-refractivity contribution in [2.75, 3.05) is 13.2 Å². The SMILES string of the molecule is C=CCOC(=O)c1ccccc1C(=O)OCC=C.C=CCc1ccccc1. The van der Waals surface area contributed by atoms with Crippen molar-refractivity contribution >= 4 is 11.9 Å². The van der Waals surface area contributed by atoms with Crippen LogP contribution in [-0.4, -0.2) is 25.2 Å². The Balaban J connectivity index is 0.000000337. The van der Waals surface area contributed by atoms with Crippen LogP contribution in [-0.2, 0) is 15.9 Å². The highest BCUT2D eigenvalue weighted by Crippen LogP contribution is 2.12. The summed E-state index contributed by atoms with van der Waals surface area (Å²) in [6.45, 7) is 10.7. The fourth-order valence-electron chi connectivity index (χ4n) is 2.04. The molecule has 2 rings (SSSR count). The van der Waals surface area contributed by atoms with Crippen LogP contribution in [0.5, 0.6) is 0 Å². The normalized spacial score (nSPS) is 9.19. The van der Waals surface area contributed by atoms with Crippen molar-refractivity contribution in [2.24, 2.45) is 0 Å². The van der Waals surface area contributed by atoms with Crippen LogP contribution in [0.2, 0.25) is 0 Å². The number of carbonyl (C=O) groups excluding carboxylic acids is 2. The van der Waals surface area contributed by atoms with Gasteiger partial charge in [0.05, 0.1) is 11.1 Å². The number of carbonyl (C=O) groups is 2. The summed E-state index contributed by atoms with van der Waals surface area (Å²) in [5.74, 6) is -1.16. The third kappa shape index (κ3) is 8.01. The predicted molar refractivity (Wildman–Crippen MR) is 108 cm³/mol. The largest absolute Gasteiger partial charge is 0.458 e. The fraction of sp³-hybridized carbons (Fsp3) is 0.130. The van der Waals surface area contributed by atoms with Gasteiger partial charge in [-0.2, -0.15) is 0 Å². The first kappa shape index (κ1) is 21.6. The van der Waals surface area contributed by atoms with E-state index in [1.807, 2.05) is 24.3 Å². The summed E-state index contributed by atoms with van der Waals surface area (Å²) in [7, 11) is 0. The molecule has 0 spiro atoms. The number of ether oxygens (including phenoxy) is 2. The Hall–Kier alpha value is -3.40. The number of rotatable bonds is 8. The van der Waals surface area contributed by atoms with Crippen LogP contribution < -0.4 is 0 Å². The summed E-state index contributed by atoms with van der Waals surface area (Å²) < 4.78 is 9.78. The molecule has 0 bridgehead atoms. The molecule has 2 aromatic carbocycles. The number of hydrogen-bond donors (Lipinski definition) is 0. The van der Waals surface area contributed by atoms with Gasteiger partial charge in [-0.25, -0.2) is 9.59 Å². The number of benzene rings is 2. The molecular weight excluding hydrogens is 340 g/mol. The maximum absolute atomic E-state index is 11.7. The van der Waals surface area contributed by atoms with E-state index in [1.54, 1.807) is 12.1 Å². The molecule has 0 amide bonds. The fourth-order valence-corrected chi connectivity index (χ4v) is 2.04. The highest BCUT2D eigenvalue weighted by molar-refractivity contribution is 6.03. The van der Waals surface area contributed by atoms with Gasteiger partial charge in [0.15, 0.2) is 0 Å². The molecule has 0 heterocycles. The van der Waals surface area contributed by atoms with Gasteiger partial charge in [0, 0.05) is 0 Å². The van der Waals surface area contributed by atoms with Crippen LogP contribution >= 0.6 is 0 Å². The summed E-state index contributed by atoms with van der Waals surface area (Å²) in [6, 6.07) is 16.6. The molecule has 0 atom stereocenters. The van der Waals surface area contributed by atoms with Crippen LogP contribution in [0.4, 0.5) is 0 Å². The lowest BCUT2D eigenvalue weighted by Gasteiger charge is -2.07. The van der Waals surface area contributed by atoms with Crippen molar-refractivity contribution < 1.29 is 19.1 Å². The summed E-state index contributed by atoms with van der Waals surface area (Å²) in [5.41, 5.74) is 1.68. The first-order valence-corrected chi connectivity index (χ1v) is 8.43. The standard InChI is InChI=1S/C14H14O4.C9H10/c1-3-9-17-13(15)11-7-5-6-8-12(11)14(16)18-10-4-2;1-2-6-9-7-4-3-5-8-9/h3-8H,1-2,9-10H2;2-5,7-8H,1,6H2. The summed E-state index contributed by atoms with van der Waals surface area (Å²) >= 11 is 0. The second kappa shape index (κ2) is 12.9. The Morgan fingerprint density at radius 3 is 1.56 bits per heavy atom. The Morgan fingerprint density at radius 2 is 1.15 bits per heavy atom. The van der Waals surface area contributed by atoms with E-state index in [1.165, 1.54) is 29.8 Å². The van der Waals surface area contributed by atoms with E-state index >= 15 is 0 Å². The highest BCUT2D eigenvalue weighted by atomic mass is 16.5. The molecule has 2 aromatic rings. The van der Waals surface area contributed by atoms with Crippen molar-refractivity contribution in [3.05, 3.63) is 109 Å². The lowest BCUT2D eigenvalue weighted by molar-refractivity contribution is 0.0503. The smallest absolute Gasteiger partial charge is 0.339 e. The maximum Gasteiger partial charge on any atom is 0.339 e. The summed E-state index contributed by atoms with van der Waals surface area (Å²) in [4.78, 5) is 23.4. The van der Waals surface area contributed by atoms with Crippen molar-refractivity contribution in [3.63, 3.8) is 0 Å². The maximum atomic E-state index is 11.7. The van der Waals surface area contributed by atoms with Crippen LogP contribution in [0.3, 0.4) is 0 Å². The third-order valence-corrected chi connectivity index (χ3v) is 3.25. The van der Waals surface area contributed by atoms with Crippen LogP contribution in [0.1, 0.15) is 26.3 Å². The molecule has 27 heavy (non-hydrogen) atoms. The van der Waals surface area contributed by atoms with E-state index in [-0.39, 0.29) is 24.3 Å². The molecular formula is C23H24O4. The molecule has 140 valence electrons. The van der Waals surface area contributed by atoms with Gasteiger partial charge in [-0.1, -0.05) is 73.9 Å². The Kier molecular flexibility index (Phi) is 10.3. The topological polar surface area (TPSA) is 52.6 Å². The van der Waals surface area contributed by atoms with E-state index < -0.39 is 11.9 Å². The van der Waals surface area contributed by atoms with E-state index in [2.05, 4.69) is 31.9 Å². The number of hydrogen-bond acceptors (Lipinski definition) is 4. The van der Waals surface area contributed by atoms with Gasteiger partial charge in [-0.05, 0) is 24.1 Å². The zero-order valence-corrected chi connectivity index (χ0v) is 15.3. The van der Waals surface area contributed by atoms with Gasteiger partial charge >= 0.3 is 11.9 Å². The average Bonchev–Trinajstić information content (AvgIpc) is 2.71. The lowest BCUT2D eigenvalue weighted by Crippen LogP contribution is -2.14. The molecule has 0 saturated heterocycles. The molecule has 0 aliphatic carbocycles. The minimum Gasteiger partial charge on any atom is -0.458 e. The second-order valence-electron chi connectivity index (χ2n) is 5.30. The molecule has 0 radical (unpaired) electrons. The molecule has 0 saturated carbocycles. The Morgan fingerprint density at radius 1 is 0.704 bits per heavy atom. The molecule has 0 aliphatic heterocycles. The minimum absolute atomic E-state index is 0.0921. The van der Waals surface area contributed by atoms with E-state index in [0.717, 1.165) is 6.42 Å². The number of allylic oxidation sites excluding steroid dienone is 1. The van der Waals surface area contributed by atoms with Gasteiger partial charge in [0.25, 0.3) is 0 Å². The van der Waals surface area contributed by atoms with Crippen molar-refractivity contribution in [2.45, 2.75) is 6.42 Å². The average molecular weight is 364 g/mol. The Labute approximate surface area is 160 Å². The van der Waals surface area contributed by atoms with E-state index in [0.29, 0.717) is 0 Å². The first-order chi connectivity index (χ1) is 13.1. The van der Waals surface area contributed by atoms with E-state index in [4.69, 9.17) is 9.47 Å². The van der Waals surface area contributed by atoms with Gasteiger partial charge in [0.1, 0.15) is 13.2 Å². The van der Waals surface area contributed by atoms with Gasteiger partial charge in [0.2, 0.25) is 0 Å². The summed E-state index contributed by atoms with van der Waals surface area (Å²) in [5, 5.41) is 0.